The van der Waals surface area contributed by atoms with Crippen LogP contribution in [0.25, 0.3) is 11.0 Å². The first-order valence-corrected chi connectivity index (χ1v) is 10.4. The maximum Gasteiger partial charge on any atom is 0.191 e. The van der Waals surface area contributed by atoms with Gasteiger partial charge in [0, 0.05) is 38.8 Å². The van der Waals surface area contributed by atoms with Crippen molar-refractivity contribution < 1.29 is 0 Å². The van der Waals surface area contributed by atoms with E-state index in [1.807, 2.05) is 6.07 Å². The summed E-state index contributed by atoms with van der Waals surface area (Å²) in [4.78, 5) is 11.9. The van der Waals surface area contributed by atoms with E-state index in [0.29, 0.717) is 0 Å². The molecule has 0 amide bonds. The molecule has 2 N–H and O–H groups in total. The van der Waals surface area contributed by atoms with Gasteiger partial charge in [-0.15, -0.1) is 0 Å². The van der Waals surface area contributed by atoms with Gasteiger partial charge in [0.15, 0.2) is 5.96 Å². The molecule has 6 nitrogen and oxygen atoms in total. The number of hydrogen-bond donors (Lipinski definition) is 2. The second-order valence-corrected chi connectivity index (χ2v) is 7.20. The van der Waals surface area contributed by atoms with Gasteiger partial charge in [-0.1, -0.05) is 19.1 Å². The molecule has 27 heavy (non-hydrogen) atoms. The molecule has 1 saturated carbocycles. The minimum absolute atomic E-state index is 0.807. The number of fused-ring (bicyclic) bond motifs is 1. The first-order chi connectivity index (χ1) is 13.2. The largest absolute Gasteiger partial charge is 0.357 e. The third-order valence-corrected chi connectivity index (χ3v) is 5.16. The first-order valence-electron chi connectivity index (χ1n) is 10.4. The predicted molar refractivity (Wildman–Crippen MR) is 113 cm³/mol. The average molecular weight is 371 g/mol. The van der Waals surface area contributed by atoms with Gasteiger partial charge in [-0.25, -0.2) is 4.98 Å². The number of para-hydroxylation sites is 2. The minimum Gasteiger partial charge on any atom is -0.357 e. The fourth-order valence-corrected chi connectivity index (χ4v) is 3.60. The van der Waals surface area contributed by atoms with E-state index < -0.39 is 0 Å². The van der Waals surface area contributed by atoms with E-state index in [1.165, 1.54) is 18.4 Å². The van der Waals surface area contributed by atoms with E-state index in [4.69, 9.17) is 4.99 Å². The Morgan fingerprint density at radius 1 is 1.26 bits per heavy atom. The van der Waals surface area contributed by atoms with Crippen molar-refractivity contribution >= 4 is 17.0 Å². The van der Waals surface area contributed by atoms with E-state index in [9.17, 15) is 0 Å². The summed E-state index contributed by atoms with van der Waals surface area (Å²) in [5.74, 6) is 2.00. The zero-order valence-electron chi connectivity index (χ0n) is 17.0. The van der Waals surface area contributed by atoms with Crippen LogP contribution in [0.15, 0.2) is 29.3 Å². The molecular weight excluding hydrogens is 336 g/mol. The van der Waals surface area contributed by atoms with Crippen LogP contribution in [0.1, 0.15) is 38.9 Å². The number of aromatic nitrogens is 2. The quantitative estimate of drug-likeness (QED) is 0.384. The van der Waals surface area contributed by atoms with Crippen molar-refractivity contribution in [3.8, 4) is 0 Å². The zero-order valence-corrected chi connectivity index (χ0v) is 17.0. The third-order valence-electron chi connectivity index (χ3n) is 5.16. The molecule has 0 aliphatic heterocycles. The summed E-state index contributed by atoms with van der Waals surface area (Å²) in [7, 11) is 0. The molecule has 1 heterocycles. The molecule has 0 bridgehead atoms. The van der Waals surface area contributed by atoms with E-state index in [-0.39, 0.29) is 0 Å². The molecule has 0 saturated heterocycles. The predicted octanol–water partition coefficient (Wildman–Crippen LogP) is 2.77. The van der Waals surface area contributed by atoms with Crippen LogP contribution in [0.5, 0.6) is 0 Å². The van der Waals surface area contributed by atoms with Gasteiger partial charge in [0.05, 0.1) is 11.0 Å². The summed E-state index contributed by atoms with van der Waals surface area (Å²) in [6.07, 6.45) is 3.73. The molecular formula is C21H34N6. The lowest BCUT2D eigenvalue weighted by Crippen LogP contribution is -2.42. The summed E-state index contributed by atoms with van der Waals surface area (Å²) >= 11 is 0. The number of benzene rings is 1. The van der Waals surface area contributed by atoms with Crippen LogP contribution in [-0.4, -0.2) is 59.2 Å². The topological polar surface area (TPSA) is 57.5 Å². The van der Waals surface area contributed by atoms with Crippen molar-refractivity contribution in [3.05, 3.63) is 30.1 Å². The van der Waals surface area contributed by atoms with E-state index in [1.54, 1.807) is 0 Å². The lowest BCUT2D eigenvalue weighted by atomic mass is 10.3. The standard InChI is InChI=1S/C21H34N6/c1-4-22-21(24-14-16-26(5-2)18-11-12-18)23-13-8-15-27-17(3)25-19-9-6-7-10-20(19)27/h6-7,9-10,18H,4-5,8,11-16H2,1-3H3,(H2,22,23,24). The highest BCUT2D eigenvalue weighted by atomic mass is 15.2. The molecule has 148 valence electrons. The number of aliphatic imine (C=N–C) groups is 1. The molecule has 1 aromatic carbocycles. The van der Waals surface area contributed by atoms with Gasteiger partial charge in [-0.3, -0.25) is 9.89 Å². The number of hydrogen-bond acceptors (Lipinski definition) is 3. The maximum atomic E-state index is 4.75. The van der Waals surface area contributed by atoms with Crippen molar-refractivity contribution in [2.45, 2.75) is 52.6 Å². The van der Waals surface area contributed by atoms with Gasteiger partial charge in [0.2, 0.25) is 0 Å². The Hall–Kier alpha value is -2.08. The van der Waals surface area contributed by atoms with Crippen LogP contribution >= 0.6 is 0 Å². The van der Waals surface area contributed by atoms with Crippen molar-refractivity contribution in [1.82, 2.24) is 25.1 Å². The molecule has 1 aliphatic rings. The third kappa shape index (κ3) is 5.45. The number of imidazole rings is 1. The van der Waals surface area contributed by atoms with E-state index in [0.717, 1.165) is 69.0 Å². The van der Waals surface area contributed by atoms with Gasteiger partial charge in [0.1, 0.15) is 5.82 Å². The van der Waals surface area contributed by atoms with Gasteiger partial charge < -0.3 is 15.2 Å². The Balaban J connectivity index is 1.47. The van der Waals surface area contributed by atoms with Crippen LogP contribution in [-0.2, 0) is 6.54 Å². The monoisotopic (exact) mass is 370 g/mol. The highest BCUT2D eigenvalue weighted by molar-refractivity contribution is 5.79. The maximum absolute atomic E-state index is 4.75. The van der Waals surface area contributed by atoms with E-state index >= 15 is 0 Å². The van der Waals surface area contributed by atoms with Crippen LogP contribution in [0.2, 0.25) is 0 Å². The smallest absolute Gasteiger partial charge is 0.191 e. The molecule has 6 heteroatoms. The van der Waals surface area contributed by atoms with Crippen LogP contribution in [0, 0.1) is 6.92 Å². The fourth-order valence-electron chi connectivity index (χ4n) is 3.60. The van der Waals surface area contributed by atoms with E-state index in [2.05, 4.69) is 64.1 Å². The number of aryl methyl sites for hydroxylation is 2. The Morgan fingerprint density at radius 3 is 2.81 bits per heavy atom. The average Bonchev–Trinajstić information content (AvgIpc) is 3.46. The first kappa shape index (κ1) is 19.7. The second kappa shape index (κ2) is 9.74. The highest BCUT2D eigenvalue weighted by Gasteiger charge is 2.27. The lowest BCUT2D eigenvalue weighted by molar-refractivity contribution is 0.282. The summed E-state index contributed by atoms with van der Waals surface area (Å²) in [5.41, 5.74) is 2.29. The van der Waals surface area contributed by atoms with Gasteiger partial charge in [-0.05, 0) is 51.8 Å². The molecule has 0 spiro atoms. The Morgan fingerprint density at radius 2 is 2.07 bits per heavy atom. The normalized spacial score (nSPS) is 14.9. The van der Waals surface area contributed by atoms with Crippen molar-refractivity contribution in [2.24, 2.45) is 4.99 Å². The summed E-state index contributed by atoms with van der Waals surface area (Å²) in [5, 5.41) is 6.84. The molecule has 1 fully saturated rings. The molecule has 3 rings (SSSR count). The van der Waals surface area contributed by atoms with Crippen molar-refractivity contribution in [1.29, 1.82) is 0 Å². The van der Waals surface area contributed by atoms with Gasteiger partial charge in [-0.2, -0.15) is 0 Å². The Bertz CT molecular complexity index is 746. The van der Waals surface area contributed by atoms with Gasteiger partial charge in [0.25, 0.3) is 0 Å². The fraction of sp³-hybridized carbons (Fsp3) is 0.619. The number of nitrogens with one attached hydrogen (secondary N) is 2. The Labute approximate surface area is 163 Å². The SMILES string of the molecule is CCNC(=NCCCn1c(C)nc2ccccc21)NCCN(CC)C1CC1. The lowest BCUT2D eigenvalue weighted by Gasteiger charge is -2.20. The molecule has 1 aliphatic carbocycles. The molecule has 0 unspecified atom stereocenters. The minimum atomic E-state index is 0.807. The molecule has 1 aromatic heterocycles. The molecule has 0 radical (unpaired) electrons. The number of likely N-dealkylation sites (N-methyl/N-ethyl adjacent to an activating group) is 1. The summed E-state index contributed by atoms with van der Waals surface area (Å²) in [6, 6.07) is 9.16. The number of guanidine groups is 1. The number of rotatable bonds is 10. The number of nitrogens with zero attached hydrogens (tertiary/aromatic N) is 4. The van der Waals surface area contributed by atoms with Crippen LogP contribution in [0.4, 0.5) is 0 Å². The molecule has 2 aromatic rings. The summed E-state index contributed by atoms with van der Waals surface area (Å²) in [6.45, 7) is 12.2. The second-order valence-electron chi connectivity index (χ2n) is 7.20. The van der Waals surface area contributed by atoms with Crippen LogP contribution in [0.3, 0.4) is 0 Å². The van der Waals surface area contributed by atoms with Crippen LogP contribution < -0.4 is 10.6 Å². The van der Waals surface area contributed by atoms with Crippen molar-refractivity contribution in [3.63, 3.8) is 0 Å². The van der Waals surface area contributed by atoms with Crippen molar-refractivity contribution in [2.75, 3.05) is 32.7 Å². The Kier molecular flexibility index (Phi) is 7.10. The zero-order chi connectivity index (χ0) is 19.1. The highest BCUT2D eigenvalue weighted by Crippen LogP contribution is 2.25. The molecule has 0 atom stereocenters. The van der Waals surface area contributed by atoms with Gasteiger partial charge >= 0.3 is 0 Å². The summed E-state index contributed by atoms with van der Waals surface area (Å²) < 4.78 is 2.29.